The van der Waals surface area contributed by atoms with Gasteiger partial charge in [-0.1, -0.05) is 11.6 Å². The number of aryl methyl sites for hydroxylation is 1. The largest absolute Gasteiger partial charge is 0.506 e. The zero-order valence-electron chi connectivity index (χ0n) is 14.2. The maximum Gasteiger partial charge on any atom is 0.240 e. The Morgan fingerprint density at radius 2 is 1.78 bits per heavy atom. The second kappa shape index (κ2) is 9.87. The number of hydrogen-bond acceptors (Lipinski definition) is 4. The smallest absolute Gasteiger partial charge is 0.240 e. The number of amides is 2. The molecule has 27 heavy (non-hydrogen) atoms. The lowest BCUT2D eigenvalue weighted by molar-refractivity contribution is -0.124. The highest BCUT2D eigenvalue weighted by Crippen LogP contribution is 2.32. The molecule has 0 atom stereocenters. The monoisotopic (exact) mass is 515 g/mol. The number of aromatic hydroxyl groups is 1. The van der Waals surface area contributed by atoms with E-state index in [4.69, 9.17) is 11.6 Å². The molecular weight excluding hydrogens is 501 g/mol. The van der Waals surface area contributed by atoms with Crippen molar-refractivity contribution in [3.8, 4) is 5.75 Å². The highest BCUT2D eigenvalue weighted by molar-refractivity contribution is 9.11. The number of nitrogens with one attached hydrogen (secondary N) is 2. The highest BCUT2D eigenvalue weighted by atomic mass is 79.9. The van der Waals surface area contributed by atoms with Crippen molar-refractivity contribution in [2.24, 2.45) is 5.10 Å². The fourth-order valence-corrected chi connectivity index (χ4v) is 3.55. The quantitative estimate of drug-likeness (QED) is 0.382. The van der Waals surface area contributed by atoms with Crippen LogP contribution < -0.4 is 10.7 Å². The van der Waals surface area contributed by atoms with Crippen molar-refractivity contribution in [3.63, 3.8) is 0 Å². The van der Waals surface area contributed by atoms with Gasteiger partial charge < -0.3 is 10.4 Å². The maximum absolute atomic E-state index is 12.0. The van der Waals surface area contributed by atoms with E-state index in [9.17, 15) is 14.7 Å². The molecule has 9 heteroatoms. The van der Waals surface area contributed by atoms with Gasteiger partial charge in [0.25, 0.3) is 0 Å². The molecule has 0 aliphatic rings. The van der Waals surface area contributed by atoms with Gasteiger partial charge in [0, 0.05) is 23.6 Å². The second-order valence-corrected chi connectivity index (χ2v) is 7.78. The number of carbonyl (C=O) groups is 2. The number of benzene rings is 2. The van der Waals surface area contributed by atoms with Gasteiger partial charge in [0.05, 0.1) is 15.2 Å². The molecule has 2 aromatic rings. The fourth-order valence-electron chi connectivity index (χ4n) is 2.10. The van der Waals surface area contributed by atoms with E-state index >= 15 is 0 Å². The van der Waals surface area contributed by atoms with E-state index in [-0.39, 0.29) is 30.4 Å². The van der Waals surface area contributed by atoms with Crippen LogP contribution in [0.25, 0.3) is 0 Å². The van der Waals surface area contributed by atoms with E-state index in [0.29, 0.717) is 25.2 Å². The summed E-state index contributed by atoms with van der Waals surface area (Å²) in [4.78, 5) is 23.8. The molecule has 0 unspecified atom stereocenters. The van der Waals surface area contributed by atoms with Crippen LogP contribution in [-0.2, 0) is 9.59 Å². The number of rotatable bonds is 6. The molecule has 0 aromatic heterocycles. The Morgan fingerprint density at radius 3 is 2.41 bits per heavy atom. The molecule has 0 fully saturated rings. The predicted molar refractivity (Wildman–Crippen MR) is 113 cm³/mol. The van der Waals surface area contributed by atoms with Crippen LogP contribution in [0, 0.1) is 6.92 Å². The summed E-state index contributed by atoms with van der Waals surface area (Å²) in [5.41, 5.74) is 4.53. The van der Waals surface area contributed by atoms with Crippen LogP contribution in [0.3, 0.4) is 0 Å². The summed E-state index contributed by atoms with van der Waals surface area (Å²) in [5.74, 6) is -0.574. The molecule has 142 valence electrons. The van der Waals surface area contributed by atoms with Crippen molar-refractivity contribution in [2.75, 3.05) is 5.32 Å². The average molecular weight is 518 g/mol. The summed E-state index contributed by atoms with van der Waals surface area (Å²) in [6, 6.07) is 8.45. The third-order valence-corrected chi connectivity index (χ3v) is 4.93. The first kappa shape index (κ1) is 21.4. The van der Waals surface area contributed by atoms with E-state index in [1.165, 1.54) is 6.21 Å². The summed E-state index contributed by atoms with van der Waals surface area (Å²) >= 11 is 12.3. The van der Waals surface area contributed by atoms with Crippen molar-refractivity contribution >= 4 is 67.2 Å². The van der Waals surface area contributed by atoms with Gasteiger partial charge in [0.15, 0.2) is 0 Å². The molecule has 2 amide bonds. The third-order valence-electron chi connectivity index (χ3n) is 3.48. The standard InChI is InChI=1S/C18H16Br2ClN3O3/c1-10-6-12(21)2-3-15(10)23-16(25)4-5-17(26)24-22-9-11-7-13(19)18(27)14(20)8-11/h2-3,6-9,27H,4-5H2,1H3,(H,23,25)(H,24,26). The summed E-state index contributed by atoms with van der Waals surface area (Å²) < 4.78 is 0.998. The molecule has 2 rings (SSSR count). The summed E-state index contributed by atoms with van der Waals surface area (Å²) in [6.07, 6.45) is 1.46. The van der Waals surface area contributed by atoms with E-state index < -0.39 is 0 Å². The van der Waals surface area contributed by atoms with Gasteiger partial charge in [-0.15, -0.1) is 0 Å². The van der Waals surface area contributed by atoms with Crippen LogP contribution in [0.5, 0.6) is 5.75 Å². The van der Waals surface area contributed by atoms with Crippen LogP contribution in [-0.4, -0.2) is 23.1 Å². The van der Waals surface area contributed by atoms with Gasteiger partial charge in [-0.05, 0) is 80.2 Å². The Morgan fingerprint density at radius 1 is 1.15 bits per heavy atom. The Kier molecular flexibility index (Phi) is 7.82. The Labute approximate surface area is 178 Å². The first-order valence-corrected chi connectivity index (χ1v) is 9.78. The average Bonchev–Trinajstić information content (AvgIpc) is 2.60. The Hall–Kier alpha value is -1.90. The summed E-state index contributed by atoms with van der Waals surface area (Å²) in [6.45, 7) is 1.84. The minimum absolute atomic E-state index is 0.00121. The lowest BCUT2D eigenvalue weighted by Crippen LogP contribution is -2.20. The molecule has 0 spiro atoms. The van der Waals surface area contributed by atoms with Gasteiger partial charge in [0.1, 0.15) is 5.75 Å². The fraction of sp³-hybridized carbons (Fsp3) is 0.167. The van der Waals surface area contributed by atoms with Gasteiger partial charge >= 0.3 is 0 Å². The predicted octanol–water partition coefficient (Wildman–Crippen LogP) is 4.75. The van der Waals surface area contributed by atoms with Crippen LogP contribution in [0.2, 0.25) is 5.02 Å². The van der Waals surface area contributed by atoms with E-state index in [0.717, 1.165) is 5.56 Å². The lowest BCUT2D eigenvalue weighted by Gasteiger charge is -2.08. The number of hydrogen-bond donors (Lipinski definition) is 3. The van der Waals surface area contributed by atoms with E-state index in [1.807, 2.05) is 6.92 Å². The van der Waals surface area contributed by atoms with E-state index in [2.05, 4.69) is 47.7 Å². The number of carbonyl (C=O) groups excluding carboxylic acids is 2. The SMILES string of the molecule is Cc1cc(Cl)ccc1NC(=O)CCC(=O)NN=Cc1cc(Br)c(O)c(Br)c1. The second-order valence-electron chi connectivity index (χ2n) is 5.63. The first-order chi connectivity index (χ1) is 12.8. The molecular formula is C18H16Br2ClN3O3. The Bertz CT molecular complexity index is 880. The minimum Gasteiger partial charge on any atom is -0.506 e. The van der Waals surface area contributed by atoms with Gasteiger partial charge in [-0.2, -0.15) is 5.10 Å². The molecule has 0 saturated heterocycles. The van der Waals surface area contributed by atoms with Crippen LogP contribution in [0.15, 0.2) is 44.4 Å². The molecule has 0 radical (unpaired) electrons. The normalized spacial score (nSPS) is 10.8. The number of nitrogens with zero attached hydrogens (tertiary/aromatic N) is 1. The zero-order valence-corrected chi connectivity index (χ0v) is 18.2. The van der Waals surface area contributed by atoms with Gasteiger partial charge in [0.2, 0.25) is 11.8 Å². The summed E-state index contributed by atoms with van der Waals surface area (Å²) in [7, 11) is 0. The highest BCUT2D eigenvalue weighted by Gasteiger charge is 2.09. The molecule has 2 aromatic carbocycles. The first-order valence-electron chi connectivity index (χ1n) is 7.82. The van der Waals surface area contributed by atoms with Crippen LogP contribution >= 0.6 is 43.5 Å². The Balaban J connectivity index is 1.81. The van der Waals surface area contributed by atoms with Crippen molar-refractivity contribution in [3.05, 3.63) is 55.4 Å². The molecule has 3 N–H and O–H groups in total. The number of hydrazone groups is 1. The molecule has 0 aliphatic carbocycles. The van der Waals surface area contributed by atoms with Crippen molar-refractivity contribution in [2.45, 2.75) is 19.8 Å². The van der Waals surface area contributed by atoms with E-state index in [1.54, 1.807) is 30.3 Å². The lowest BCUT2D eigenvalue weighted by atomic mass is 10.2. The zero-order chi connectivity index (χ0) is 20.0. The molecule has 0 heterocycles. The van der Waals surface area contributed by atoms with Crippen molar-refractivity contribution in [1.82, 2.24) is 5.43 Å². The van der Waals surface area contributed by atoms with Gasteiger partial charge in [-0.25, -0.2) is 5.43 Å². The molecule has 0 aliphatic heterocycles. The third kappa shape index (κ3) is 6.64. The minimum atomic E-state index is -0.383. The van der Waals surface area contributed by atoms with Crippen molar-refractivity contribution < 1.29 is 14.7 Å². The van der Waals surface area contributed by atoms with Crippen LogP contribution in [0.4, 0.5) is 5.69 Å². The topological polar surface area (TPSA) is 90.8 Å². The number of phenolic OH excluding ortho intramolecular Hbond substituents is 1. The number of anilines is 1. The molecule has 6 nitrogen and oxygen atoms in total. The van der Waals surface area contributed by atoms with Crippen molar-refractivity contribution in [1.29, 1.82) is 0 Å². The molecule has 0 saturated carbocycles. The number of halogens is 3. The summed E-state index contributed by atoms with van der Waals surface area (Å²) in [5, 5.41) is 16.8. The van der Waals surface area contributed by atoms with Gasteiger partial charge in [-0.3, -0.25) is 9.59 Å². The number of phenols is 1. The van der Waals surface area contributed by atoms with Crippen LogP contribution in [0.1, 0.15) is 24.0 Å². The molecule has 0 bridgehead atoms. The maximum atomic E-state index is 12.0.